The molecule has 0 fully saturated rings. The lowest BCUT2D eigenvalue weighted by molar-refractivity contribution is 0.219. The van der Waals surface area contributed by atoms with E-state index in [-0.39, 0.29) is 0 Å². The van der Waals surface area contributed by atoms with E-state index in [0.717, 1.165) is 16.3 Å². The van der Waals surface area contributed by atoms with E-state index in [1.165, 1.54) is 11.3 Å². The molecule has 1 atom stereocenters. The molecular formula is C11H11NOS. The molecule has 72 valence electrons. The van der Waals surface area contributed by atoms with Crippen molar-refractivity contribution in [1.29, 1.82) is 0 Å². The molecule has 0 saturated heterocycles. The predicted molar refractivity (Wildman–Crippen MR) is 57.4 cm³/mol. The molecule has 14 heavy (non-hydrogen) atoms. The summed E-state index contributed by atoms with van der Waals surface area (Å²) in [5.74, 6) is 0. The van der Waals surface area contributed by atoms with Crippen LogP contribution in [0.5, 0.6) is 0 Å². The van der Waals surface area contributed by atoms with Crippen LogP contribution in [0.4, 0.5) is 0 Å². The number of rotatable bonds is 2. The first-order chi connectivity index (χ1) is 6.77. The Kier molecular flexibility index (Phi) is 2.61. The van der Waals surface area contributed by atoms with Gasteiger partial charge in [-0.05, 0) is 12.5 Å². The van der Waals surface area contributed by atoms with Crippen molar-refractivity contribution < 1.29 is 5.11 Å². The molecule has 0 aliphatic carbocycles. The molecule has 1 aromatic heterocycles. The van der Waals surface area contributed by atoms with Gasteiger partial charge in [0, 0.05) is 11.1 Å². The Balaban J connectivity index is 2.29. The summed E-state index contributed by atoms with van der Waals surface area (Å²) in [6.45, 7) is 1.93. The molecule has 0 spiro atoms. The van der Waals surface area contributed by atoms with Crippen LogP contribution in [0.2, 0.25) is 0 Å². The molecule has 0 aliphatic rings. The number of benzene rings is 1. The highest BCUT2D eigenvalue weighted by Gasteiger charge is 2.12. The second-order valence-electron chi connectivity index (χ2n) is 3.14. The number of aliphatic hydroxyl groups excluding tert-OH is 1. The van der Waals surface area contributed by atoms with Crippen LogP contribution in [-0.4, -0.2) is 10.1 Å². The van der Waals surface area contributed by atoms with Gasteiger partial charge in [-0.25, -0.2) is 4.98 Å². The maximum atomic E-state index is 9.95. The van der Waals surface area contributed by atoms with Gasteiger partial charge in [-0.1, -0.05) is 30.3 Å². The predicted octanol–water partition coefficient (Wildman–Crippen LogP) is 2.53. The Morgan fingerprint density at radius 2 is 2.00 bits per heavy atom. The number of aromatic nitrogens is 1. The molecule has 1 aromatic carbocycles. The van der Waals surface area contributed by atoms with E-state index in [1.807, 2.05) is 42.6 Å². The Morgan fingerprint density at radius 1 is 1.29 bits per heavy atom. The standard InChI is InChI=1S/C11H11NOS/c1-8-7-14-11(12-8)10(13)9-5-3-2-4-6-9/h2-7,10,13H,1H3/t10-/m0/s1. The lowest BCUT2D eigenvalue weighted by Gasteiger charge is -2.06. The average molecular weight is 205 g/mol. The summed E-state index contributed by atoms with van der Waals surface area (Å²) in [4.78, 5) is 4.26. The first kappa shape index (κ1) is 9.37. The molecule has 0 unspecified atom stereocenters. The van der Waals surface area contributed by atoms with E-state index in [9.17, 15) is 5.11 Å². The second-order valence-corrected chi connectivity index (χ2v) is 4.03. The summed E-state index contributed by atoms with van der Waals surface area (Å²) in [7, 11) is 0. The van der Waals surface area contributed by atoms with Crippen LogP contribution >= 0.6 is 11.3 Å². The van der Waals surface area contributed by atoms with Gasteiger partial charge in [0.05, 0.1) is 0 Å². The Morgan fingerprint density at radius 3 is 2.57 bits per heavy atom. The average Bonchev–Trinajstić information content (AvgIpc) is 2.65. The second kappa shape index (κ2) is 3.90. The lowest BCUT2D eigenvalue weighted by atomic mass is 10.1. The van der Waals surface area contributed by atoms with E-state index in [2.05, 4.69) is 4.98 Å². The van der Waals surface area contributed by atoms with Crippen LogP contribution < -0.4 is 0 Å². The zero-order chi connectivity index (χ0) is 9.97. The molecule has 1 heterocycles. The van der Waals surface area contributed by atoms with E-state index in [1.54, 1.807) is 0 Å². The topological polar surface area (TPSA) is 33.1 Å². The summed E-state index contributed by atoms with van der Waals surface area (Å²) >= 11 is 1.49. The van der Waals surface area contributed by atoms with Gasteiger partial charge in [0.25, 0.3) is 0 Å². The first-order valence-electron chi connectivity index (χ1n) is 4.42. The number of nitrogens with zero attached hydrogens (tertiary/aromatic N) is 1. The van der Waals surface area contributed by atoms with E-state index in [4.69, 9.17) is 0 Å². The molecule has 0 saturated carbocycles. The monoisotopic (exact) mass is 205 g/mol. The van der Waals surface area contributed by atoms with Gasteiger partial charge in [0.15, 0.2) is 0 Å². The van der Waals surface area contributed by atoms with Crippen molar-refractivity contribution >= 4 is 11.3 Å². The molecule has 0 amide bonds. The van der Waals surface area contributed by atoms with Crippen molar-refractivity contribution in [1.82, 2.24) is 4.98 Å². The maximum absolute atomic E-state index is 9.95. The van der Waals surface area contributed by atoms with E-state index in [0.29, 0.717) is 0 Å². The molecule has 2 nitrogen and oxygen atoms in total. The fourth-order valence-electron chi connectivity index (χ4n) is 1.28. The largest absolute Gasteiger partial charge is 0.381 e. The molecular weight excluding hydrogens is 194 g/mol. The SMILES string of the molecule is Cc1csc([C@@H](O)c2ccccc2)n1. The summed E-state index contributed by atoms with van der Waals surface area (Å²) in [6, 6.07) is 9.57. The molecule has 1 N–H and O–H groups in total. The van der Waals surface area contributed by atoms with Gasteiger partial charge in [-0.2, -0.15) is 0 Å². The fraction of sp³-hybridized carbons (Fsp3) is 0.182. The van der Waals surface area contributed by atoms with Gasteiger partial charge in [0.1, 0.15) is 11.1 Å². The van der Waals surface area contributed by atoms with Crippen LogP contribution in [0, 0.1) is 6.92 Å². The minimum absolute atomic E-state index is 0.588. The fourth-order valence-corrected chi connectivity index (χ4v) is 2.08. The summed E-state index contributed by atoms with van der Waals surface area (Å²) in [5.41, 5.74) is 1.85. The van der Waals surface area contributed by atoms with Crippen molar-refractivity contribution in [3.63, 3.8) is 0 Å². The van der Waals surface area contributed by atoms with Crippen molar-refractivity contribution in [2.45, 2.75) is 13.0 Å². The Bertz CT molecular complexity index is 410. The van der Waals surface area contributed by atoms with E-state index >= 15 is 0 Å². The lowest BCUT2D eigenvalue weighted by Crippen LogP contribution is -1.98. The number of aliphatic hydroxyl groups is 1. The third-order valence-electron chi connectivity index (χ3n) is 1.99. The summed E-state index contributed by atoms with van der Waals surface area (Å²) < 4.78 is 0. The van der Waals surface area contributed by atoms with Gasteiger partial charge < -0.3 is 5.11 Å². The zero-order valence-corrected chi connectivity index (χ0v) is 8.66. The third-order valence-corrected chi connectivity index (χ3v) is 3.00. The van der Waals surface area contributed by atoms with Crippen LogP contribution in [0.1, 0.15) is 22.4 Å². The third kappa shape index (κ3) is 1.84. The quantitative estimate of drug-likeness (QED) is 0.817. The maximum Gasteiger partial charge on any atom is 0.131 e. The van der Waals surface area contributed by atoms with Crippen LogP contribution in [0.15, 0.2) is 35.7 Å². The van der Waals surface area contributed by atoms with Crippen LogP contribution in [0.25, 0.3) is 0 Å². The molecule has 0 radical (unpaired) electrons. The number of aryl methyl sites for hydroxylation is 1. The number of thiazole rings is 1. The molecule has 0 aliphatic heterocycles. The smallest absolute Gasteiger partial charge is 0.131 e. The minimum Gasteiger partial charge on any atom is -0.381 e. The van der Waals surface area contributed by atoms with Crippen molar-refractivity contribution in [2.24, 2.45) is 0 Å². The van der Waals surface area contributed by atoms with Crippen molar-refractivity contribution in [3.8, 4) is 0 Å². The Hall–Kier alpha value is -1.19. The normalized spacial score (nSPS) is 12.7. The molecule has 2 rings (SSSR count). The van der Waals surface area contributed by atoms with Crippen LogP contribution in [0.3, 0.4) is 0 Å². The van der Waals surface area contributed by atoms with Crippen molar-refractivity contribution in [2.75, 3.05) is 0 Å². The highest BCUT2D eigenvalue weighted by Crippen LogP contribution is 2.24. The minimum atomic E-state index is -0.588. The molecule has 0 bridgehead atoms. The van der Waals surface area contributed by atoms with Gasteiger partial charge in [-0.3, -0.25) is 0 Å². The summed E-state index contributed by atoms with van der Waals surface area (Å²) in [6.07, 6.45) is -0.588. The summed E-state index contributed by atoms with van der Waals surface area (Å²) in [5, 5.41) is 12.7. The van der Waals surface area contributed by atoms with Crippen molar-refractivity contribution in [3.05, 3.63) is 52.0 Å². The highest BCUT2D eigenvalue weighted by atomic mass is 32.1. The zero-order valence-electron chi connectivity index (χ0n) is 7.84. The highest BCUT2D eigenvalue weighted by molar-refractivity contribution is 7.09. The van der Waals surface area contributed by atoms with Gasteiger partial charge in [-0.15, -0.1) is 11.3 Å². The number of hydrogen-bond donors (Lipinski definition) is 1. The van der Waals surface area contributed by atoms with E-state index < -0.39 is 6.10 Å². The van der Waals surface area contributed by atoms with Gasteiger partial charge >= 0.3 is 0 Å². The molecule has 3 heteroatoms. The van der Waals surface area contributed by atoms with Crippen LogP contribution in [-0.2, 0) is 0 Å². The first-order valence-corrected chi connectivity index (χ1v) is 5.30. The molecule has 2 aromatic rings. The Labute approximate surface area is 86.9 Å². The van der Waals surface area contributed by atoms with Gasteiger partial charge in [0.2, 0.25) is 0 Å². The number of hydrogen-bond acceptors (Lipinski definition) is 3.